The Labute approximate surface area is 69.3 Å². The summed E-state index contributed by atoms with van der Waals surface area (Å²) in [5, 5.41) is 26.9. The maximum atomic E-state index is 11.3. The van der Waals surface area contributed by atoms with Crippen LogP contribution in [0, 0.1) is 0 Å². The molecule has 1 heterocycles. The highest BCUT2D eigenvalue weighted by atomic mass is 31.2. The fourth-order valence-corrected chi connectivity index (χ4v) is 2.55. The van der Waals surface area contributed by atoms with Gasteiger partial charge in [0.05, 0.1) is 6.61 Å². The summed E-state index contributed by atoms with van der Waals surface area (Å²) in [6, 6.07) is 0. The van der Waals surface area contributed by atoms with Gasteiger partial charge in [-0.15, -0.1) is 0 Å². The summed E-state index contributed by atoms with van der Waals surface area (Å²) in [7, 11) is -2.52. The highest BCUT2D eigenvalue weighted by Crippen LogP contribution is 2.58. The topological polar surface area (TPSA) is 96.2 Å². The lowest BCUT2D eigenvalue weighted by molar-refractivity contribution is -0.00131. The van der Waals surface area contributed by atoms with Crippen molar-refractivity contribution >= 4 is 7.60 Å². The zero-order valence-corrected chi connectivity index (χ0v) is 7.35. The van der Waals surface area contributed by atoms with E-state index in [1.165, 1.54) is 0 Å². The third-order valence-electron chi connectivity index (χ3n) is 1.73. The molecule has 12 heavy (non-hydrogen) atoms. The molecule has 4 unspecified atom stereocenters. The second-order valence-electron chi connectivity index (χ2n) is 2.45. The molecule has 0 aliphatic carbocycles. The van der Waals surface area contributed by atoms with Crippen LogP contribution in [0.15, 0.2) is 0 Å². The van der Waals surface area contributed by atoms with E-state index in [2.05, 4.69) is 9.05 Å². The molecule has 0 bridgehead atoms. The zero-order chi connectivity index (χ0) is 9.35. The van der Waals surface area contributed by atoms with Gasteiger partial charge in [-0.25, -0.2) is 0 Å². The molecule has 4 atom stereocenters. The zero-order valence-electron chi connectivity index (χ0n) is 6.45. The van der Waals surface area contributed by atoms with Crippen molar-refractivity contribution in [3.05, 3.63) is 0 Å². The Hall–Kier alpha value is 0.0300. The standard InChI is InChI=1S/C5H11O6P/c1-10-12(9)5(8)4(7)3(2-6)11-12/h3-8H,2H2,1H3. The molecule has 1 saturated heterocycles. The summed E-state index contributed by atoms with van der Waals surface area (Å²) in [5.74, 6) is -1.57. The average Bonchev–Trinajstić information content (AvgIpc) is 2.31. The van der Waals surface area contributed by atoms with E-state index in [4.69, 9.17) is 15.3 Å². The van der Waals surface area contributed by atoms with Crippen molar-refractivity contribution in [1.29, 1.82) is 0 Å². The second-order valence-corrected chi connectivity index (χ2v) is 4.64. The average molecular weight is 198 g/mol. The minimum atomic E-state index is -3.63. The lowest BCUT2D eigenvalue weighted by Gasteiger charge is -2.11. The number of hydrogen-bond acceptors (Lipinski definition) is 6. The van der Waals surface area contributed by atoms with Crippen molar-refractivity contribution in [1.82, 2.24) is 0 Å². The van der Waals surface area contributed by atoms with Crippen LogP contribution in [0.1, 0.15) is 0 Å². The molecule has 1 rings (SSSR count). The number of aliphatic hydroxyl groups excluding tert-OH is 3. The second kappa shape index (κ2) is 3.41. The molecule has 0 saturated carbocycles. The molecule has 1 aliphatic rings. The van der Waals surface area contributed by atoms with Crippen molar-refractivity contribution in [2.24, 2.45) is 0 Å². The Morgan fingerprint density at radius 1 is 1.58 bits per heavy atom. The monoisotopic (exact) mass is 198 g/mol. The van der Waals surface area contributed by atoms with E-state index in [1.54, 1.807) is 0 Å². The molecule has 1 fully saturated rings. The summed E-state index contributed by atoms with van der Waals surface area (Å²) >= 11 is 0. The highest BCUT2D eigenvalue weighted by Gasteiger charge is 2.51. The van der Waals surface area contributed by atoms with E-state index in [0.717, 1.165) is 7.11 Å². The minimum absolute atomic E-state index is 0.508. The number of aliphatic hydroxyl groups is 3. The Morgan fingerprint density at radius 2 is 2.17 bits per heavy atom. The first-order valence-corrected chi connectivity index (χ1v) is 4.97. The minimum Gasteiger partial charge on any atom is -0.394 e. The molecule has 0 aromatic heterocycles. The largest absolute Gasteiger partial charge is 0.394 e. The van der Waals surface area contributed by atoms with Crippen LogP contribution in [0.2, 0.25) is 0 Å². The van der Waals surface area contributed by atoms with E-state index in [9.17, 15) is 4.57 Å². The Morgan fingerprint density at radius 3 is 2.42 bits per heavy atom. The van der Waals surface area contributed by atoms with Crippen molar-refractivity contribution in [3.63, 3.8) is 0 Å². The van der Waals surface area contributed by atoms with Gasteiger partial charge in [-0.1, -0.05) is 0 Å². The van der Waals surface area contributed by atoms with Gasteiger partial charge in [0, 0.05) is 7.11 Å². The van der Waals surface area contributed by atoms with Crippen LogP contribution >= 0.6 is 7.60 Å². The van der Waals surface area contributed by atoms with Gasteiger partial charge in [0.2, 0.25) is 0 Å². The summed E-state index contributed by atoms with van der Waals surface area (Å²) in [5.41, 5.74) is 0. The maximum Gasteiger partial charge on any atom is 0.361 e. The maximum absolute atomic E-state index is 11.3. The third-order valence-corrected chi connectivity index (χ3v) is 3.75. The van der Waals surface area contributed by atoms with Crippen LogP contribution in [0.25, 0.3) is 0 Å². The smallest absolute Gasteiger partial charge is 0.361 e. The van der Waals surface area contributed by atoms with Gasteiger partial charge in [-0.3, -0.25) is 9.09 Å². The van der Waals surface area contributed by atoms with Crippen LogP contribution in [0.4, 0.5) is 0 Å². The summed E-state index contributed by atoms with van der Waals surface area (Å²) in [4.78, 5) is 0. The molecular weight excluding hydrogens is 187 g/mol. The summed E-state index contributed by atoms with van der Waals surface area (Å²) < 4.78 is 20.4. The molecule has 0 radical (unpaired) electrons. The Bertz CT molecular complexity index is 206. The predicted octanol–water partition coefficient (Wildman–Crippen LogP) is -1.10. The molecule has 1 aliphatic heterocycles. The van der Waals surface area contributed by atoms with Gasteiger partial charge in [0.15, 0.2) is 5.85 Å². The lowest BCUT2D eigenvalue weighted by atomic mass is 10.2. The van der Waals surface area contributed by atoms with Gasteiger partial charge in [-0.05, 0) is 0 Å². The van der Waals surface area contributed by atoms with Crippen LogP contribution in [-0.4, -0.2) is 47.1 Å². The van der Waals surface area contributed by atoms with Crippen molar-refractivity contribution in [3.8, 4) is 0 Å². The van der Waals surface area contributed by atoms with E-state index in [0.29, 0.717) is 0 Å². The highest BCUT2D eigenvalue weighted by molar-refractivity contribution is 7.54. The van der Waals surface area contributed by atoms with Crippen molar-refractivity contribution in [2.45, 2.75) is 18.1 Å². The number of hydrogen-bond donors (Lipinski definition) is 3. The third kappa shape index (κ3) is 1.42. The lowest BCUT2D eigenvalue weighted by Crippen LogP contribution is -2.31. The first-order valence-electron chi connectivity index (χ1n) is 3.36. The Kier molecular flexibility index (Phi) is 2.88. The molecule has 6 nitrogen and oxygen atoms in total. The van der Waals surface area contributed by atoms with E-state index in [-0.39, 0.29) is 0 Å². The van der Waals surface area contributed by atoms with Gasteiger partial charge in [0.1, 0.15) is 12.2 Å². The fourth-order valence-electron chi connectivity index (χ4n) is 0.985. The van der Waals surface area contributed by atoms with Gasteiger partial charge >= 0.3 is 7.60 Å². The van der Waals surface area contributed by atoms with Crippen LogP contribution in [0.5, 0.6) is 0 Å². The van der Waals surface area contributed by atoms with E-state index >= 15 is 0 Å². The molecule has 3 N–H and O–H groups in total. The normalized spacial score (nSPS) is 48.2. The first kappa shape index (κ1) is 10.1. The Balaban J connectivity index is 2.80. The number of rotatable bonds is 2. The predicted molar refractivity (Wildman–Crippen MR) is 38.6 cm³/mol. The molecule has 0 aromatic rings. The molecule has 72 valence electrons. The quantitative estimate of drug-likeness (QED) is 0.487. The molecule has 0 amide bonds. The van der Waals surface area contributed by atoms with E-state index in [1.807, 2.05) is 0 Å². The molecule has 7 heteroatoms. The van der Waals surface area contributed by atoms with Crippen molar-refractivity contribution < 1.29 is 28.9 Å². The van der Waals surface area contributed by atoms with Gasteiger partial charge in [0.25, 0.3) is 0 Å². The van der Waals surface area contributed by atoms with Gasteiger partial charge < -0.3 is 19.8 Å². The molecule has 0 aromatic carbocycles. The SMILES string of the molecule is COP1(=O)OC(CO)C(O)C1O. The van der Waals surface area contributed by atoms with Crippen molar-refractivity contribution in [2.75, 3.05) is 13.7 Å². The van der Waals surface area contributed by atoms with Gasteiger partial charge in [-0.2, -0.15) is 0 Å². The van der Waals surface area contributed by atoms with E-state index < -0.39 is 32.3 Å². The summed E-state index contributed by atoms with van der Waals surface area (Å²) in [6.45, 7) is -0.508. The molecular formula is C5H11O6P. The molecule has 0 spiro atoms. The van der Waals surface area contributed by atoms with Crippen LogP contribution < -0.4 is 0 Å². The first-order chi connectivity index (χ1) is 5.55. The van der Waals surface area contributed by atoms with Crippen LogP contribution in [-0.2, 0) is 13.6 Å². The summed E-state index contributed by atoms with van der Waals surface area (Å²) in [6.07, 6.45) is -2.40. The van der Waals surface area contributed by atoms with Crippen LogP contribution in [0.3, 0.4) is 0 Å². The fraction of sp³-hybridized carbons (Fsp3) is 1.00.